The van der Waals surface area contributed by atoms with Gasteiger partial charge in [-0.25, -0.2) is 0 Å². The number of Topliss-reactive ketones (excluding diaryl/α,β-unsaturated/α-hetero) is 1. The first-order valence-electron chi connectivity index (χ1n) is 6.26. The summed E-state index contributed by atoms with van der Waals surface area (Å²) in [4.78, 5) is 29.1. The van der Waals surface area contributed by atoms with Crippen LogP contribution in [0, 0.1) is 0 Å². The summed E-state index contributed by atoms with van der Waals surface area (Å²) in [5.41, 5.74) is 2.88. The molecule has 1 aromatic heterocycles. The molecule has 0 bridgehead atoms. The van der Waals surface area contributed by atoms with Crippen molar-refractivity contribution in [2.45, 2.75) is 6.54 Å². The number of ketones is 1. The number of carbonyl (C=O) groups excluding carboxylic acids is 2. The average molecular weight is 267 g/mol. The number of pyridine rings is 1. The molecule has 3 rings (SSSR count). The van der Waals surface area contributed by atoms with Crippen LogP contribution in [0.1, 0.15) is 16.1 Å². The molecule has 5 heteroatoms. The molecule has 0 spiro atoms. The van der Waals surface area contributed by atoms with E-state index in [0.29, 0.717) is 17.8 Å². The second kappa shape index (κ2) is 4.77. The van der Waals surface area contributed by atoms with Gasteiger partial charge in [0.15, 0.2) is 0 Å². The van der Waals surface area contributed by atoms with Crippen LogP contribution in [0.4, 0.5) is 11.4 Å². The molecule has 0 atom stereocenters. The van der Waals surface area contributed by atoms with Crippen molar-refractivity contribution in [2.24, 2.45) is 0 Å². The lowest BCUT2D eigenvalue weighted by Gasteiger charge is -2.19. The number of aromatic nitrogens is 1. The van der Waals surface area contributed by atoms with Crippen molar-refractivity contribution in [2.75, 3.05) is 17.3 Å². The molecule has 2 aromatic rings. The highest BCUT2D eigenvalue weighted by molar-refractivity contribution is 6.51. The molecule has 1 N–H and O–H groups in total. The van der Waals surface area contributed by atoms with Gasteiger partial charge in [0, 0.05) is 18.9 Å². The van der Waals surface area contributed by atoms with Gasteiger partial charge in [0.2, 0.25) is 0 Å². The Bertz CT molecular complexity index is 683. The Labute approximate surface area is 116 Å². The Hall–Kier alpha value is -2.69. The maximum atomic E-state index is 11.5. The summed E-state index contributed by atoms with van der Waals surface area (Å²) in [7, 11) is 1.94. The third-order valence-corrected chi connectivity index (χ3v) is 3.27. The van der Waals surface area contributed by atoms with E-state index in [1.165, 1.54) is 0 Å². The molecule has 100 valence electrons. The van der Waals surface area contributed by atoms with Crippen LogP contribution in [0.25, 0.3) is 0 Å². The van der Waals surface area contributed by atoms with Crippen molar-refractivity contribution in [3.8, 4) is 0 Å². The number of nitrogens with one attached hydrogen (secondary N) is 1. The van der Waals surface area contributed by atoms with E-state index in [9.17, 15) is 9.59 Å². The molecule has 1 aliphatic heterocycles. The van der Waals surface area contributed by atoms with E-state index >= 15 is 0 Å². The molecule has 20 heavy (non-hydrogen) atoms. The normalized spacial score (nSPS) is 13.1. The Kier molecular flexibility index (Phi) is 2.95. The molecular weight excluding hydrogens is 254 g/mol. The highest BCUT2D eigenvalue weighted by Gasteiger charge is 2.28. The fourth-order valence-electron chi connectivity index (χ4n) is 2.20. The predicted molar refractivity (Wildman–Crippen MR) is 75.7 cm³/mol. The summed E-state index contributed by atoms with van der Waals surface area (Å²) in [6, 6.07) is 11.1. The number of fused-ring (bicyclic) bond motifs is 1. The van der Waals surface area contributed by atoms with E-state index in [2.05, 4.69) is 10.3 Å². The van der Waals surface area contributed by atoms with Crippen LogP contribution < -0.4 is 10.2 Å². The van der Waals surface area contributed by atoms with Crippen molar-refractivity contribution in [3.63, 3.8) is 0 Å². The standard InChI is InChI=1S/C15H13N3O2/c1-18(9-10-4-2-3-7-16-10)11-5-6-12-13(8-11)17-15(20)14(12)19/h2-8H,9H2,1H3,(H,17,19,20). The summed E-state index contributed by atoms with van der Waals surface area (Å²) in [6.45, 7) is 0.654. The molecule has 1 aliphatic rings. The number of carbonyl (C=O) groups is 2. The van der Waals surface area contributed by atoms with Gasteiger partial charge in [-0.2, -0.15) is 0 Å². The van der Waals surface area contributed by atoms with Gasteiger partial charge < -0.3 is 10.2 Å². The second-order valence-corrected chi connectivity index (χ2v) is 4.69. The molecule has 1 amide bonds. The topological polar surface area (TPSA) is 62.3 Å². The predicted octanol–water partition coefficient (Wildman–Crippen LogP) is 1.85. The van der Waals surface area contributed by atoms with Crippen LogP contribution in [0.15, 0.2) is 42.6 Å². The lowest BCUT2D eigenvalue weighted by atomic mass is 10.1. The highest BCUT2D eigenvalue weighted by Crippen LogP contribution is 2.28. The van der Waals surface area contributed by atoms with Crippen LogP contribution >= 0.6 is 0 Å². The van der Waals surface area contributed by atoms with E-state index in [1.807, 2.05) is 36.2 Å². The molecule has 0 fully saturated rings. The number of amides is 1. The quantitative estimate of drug-likeness (QED) is 0.862. The first-order valence-corrected chi connectivity index (χ1v) is 6.26. The molecule has 1 aromatic carbocycles. The van der Waals surface area contributed by atoms with Crippen molar-refractivity contribution in [3.05, 3.63) is 53.9 Å². The molecule has 0 aliphatic carbocycles. The summed E-state index contributed by atoms with van der Waals surface area (Å²) < 4.78 is 0. The summed E-state index contributed by atoms with van der Waals surface area (Å²) >= 11 is 0. The first kappa shape index (κ1) is 12.3. The zero-order valence-electron chi connectivity index (χ0n) is 11.0. The van der Waals surface area contributed by atoms with Gasteiger partial charge in [0.05, 0.1) is 23.5 Å². The minimum Gasteiger partial charge on any atom is -0.369 e. The zero-order chi connectivity index (χ0) is 14.1. The van der Waals surface area contributed by atoms with Crippen molar-refractivity contribution in [1.82, 2.24) is 4.98 Å². The van der Waals surface area contributed by atoms with Crippen LogP contribution in [-0.2, 0) is 11.3 Å². The molecule has 0 saturated heterocycles. The zero-order valence-corrected chi connectivity index (χ0v) is 11.0. The van der Waals surface area contributed by atoms with E-state index in [1.54, 1.807) is 18.3 Å². The summed E-state index contributed by atoms with van der Waals surface area (Å²) in [5, 5.41) is 2.58. The van der Waals surface area contributed by atoms with Crippen molar-refractivity contribution in [1.29, 1.82) is 0 Å². The van der Waals surface area contributed by atoms with Crippen LogP contribution in [0.2, 0.25) is 0 Å². The van der Waals surface area contributed by atoms with Gasteiger partial charge >= 0.3 is 0 Å². The number of hydrogen-bond acceptors (Lipinski definition) is 4. The lowest BCUT2D eigenvalue weighted by molar-refractivity contribution is -0.112. The van der Waals surface area contributed by atoms with Gasteiger partial charge in [0.1, 0.15) is 0 Å². The number of rotatable bonds is 3. The Morgan fingerprint density at radius 1 is 1.20 bits per heavy atom. The monoisotopic (exact) mass is 267 g/mol. The molecule has 0 unspecified atom stereocenters. The minimum atomic E-state index is -0.565. The first-order chi connectivity index (χ1) is 9.65. The smallest absolute Gasteiger partial charge is 0.296 e. The number of benzene rings is 1. The fourth-order valence-corrected chi connectivity index (χ4v) is 2.20. The van der Waals surface area contributed by atoms with Gasteiger partial charge in [-0.1, -0.05) is 6.07 Å². The molecule has 0 radical (unpaired) electrons. The Balaban J connectivity index is 1.83. The SMILES string of the molecule is CN(Cc1ccccn1)c1ccc2c(c1)NC(=O)C2=O. The van der Waals surface area contributed by atoms with Crippen LogP contribution in [0.5, 0.6) is 0 Å². The van der Waals surface area contributed by atoms with E-state index in [-0.39, 0.29) is 0 Å². The lowest BCUT2D eigenvalue weighted by Crippen LogP contribution is -2.17. The Morgan fingerprint density at radius 3 is 2.80 bits per heavy atom. The average Bonchev–Trinajstić information content (AvgIpc) is 2.74. The molecule has 0 saturated carbocycles. The third-order valence-electron chi connectivity index (χ3n) is 3.27. The number of anilines is 2. The number of nitrogens with zero attached hydrogens (tertiary/aromatic N) is 2. The van der Waals surface area contributed by atoms with E-state index in [0.717, 1.165) is 11.4 Å². The second-order valence-electron chi connectivity index (χ2n) is 4.69. The third kappa shape index (κ3) is 2.14. The minimum absolute atomic E-state index is 0.435. The molecule has 2 heterocycles. The highest BCUT2D eigenvalue weighted by atomic mass is 16.2. The van der Waals surface area contributed by atoms with Gasteiger partial charge in [-0.05, 0) is 30.3 Å². The fraction of sp³-hybridized carbons (Fsp3) is 0.133. The van der Waals surface area contributed by atoms with Gasteiger partial charge in [-0.15, -0.1) is 0 Å². The van der Waals surface area contributed by atoms with Crippen molar-refractivity contribution >= 4 is 23.1 Å². The van der Waals surface area contributed by atoms with Gasteiger partial charge in [0.25, 0.3) is 11.7 Å². The van der Waals surface area contributed by atoms with Crippen LogP contribution in [0.3, 0.4) is 0 Å². The maximum Gasteiger partial charge on any atom is 0.296 e. The summed E-state index contributed by atoms with van der Waals surface area (Å²) in [6.07, 6.45) is 1.75. The number of hydrogen-bond donors (Lipinski definition) is 1. The molecular formula is C15H13N3O2. The van der Waals surface area contributed by atoms with E-state index < -0.39 is 11.7 Å². The maximum absolute atomic E-state index is 11.5. The molecule has 5 nitrogen and oxygen atoms in total. The van der Waals surface area contributed by atoms with Crippen molar-refractivity contribution < 1.29 is 9.59 Å². The summed E-state index contributed by atoms with van der Waals surface area (Å²) in [5.74, 6) is -1.04. The van der Waals surface area contributed by atoms with Crippen LogP contribution in [-0.4, -0.2) is 23.7 Å². The Morgan fingerprint density at radius 2 is 2.05 bits per heavy atom. The largest absolute Gasteiger partial charge is 0.369 e. The van der Waals surface area contributed by atoms with Gasteiger partial charge in [-0.3, -0.25) is 14.6 Å². The van der Waals surface area contributed by atoms with E-state index in [4.69, 9.17) is 0 Å².